The maximum Gasteiger partial charge on any atom is 0.237 e. The lowest BCUT2D eigenvalue weighted by atomic mass is 9.97. The highest BCUT2D eigenvalue weighted by molar-refractivity contribution is 9.09. The zero-order chi connectivity index (χ0) is 12.0. The number of ether oxygens (including phenoxy) is 1. The van der Waals surface area contributed by atoms with Crippen molar-refractivity contribution in [3.8, 4) is 0 Å². The van der Waals surface area contributed by atoms with Crippen LogP contribution in [-0.4, -0.2) is 24.4 Å². The SMILES string of the molecule is CC1Sc2ccc(C3(Br)COC3)cc2NC1=O. The van der Waals surface area contributed by atoms with Crippen LogP contribution < -0.4 is 5.32 Å². The molecule has 0 saturated carbocycles. The van der Waals surface area contributed by atoms with E-state index in [1.165, 1.54) is 0 Å². The molecule has 1 fully saturated rings. The molecule has 0 bridgehead atoms. The van der Waals surface area contributed by atoms with Crippen LogP contribution in [0.4, 0.5) is 5.69 Å². The zero-order valence-corrected chi connectivity index (χ0v) is 11.7. The van der Waals surface area contributed by atoms with E-state index >= 15 is 0 Å². The minimum absolute atomic E-state index is 0.0154. The first-order valence-corrected chi connectivity index (χ1v) is 7.14. The fourth-order valence-electron chi connectivity index (χ4n) is 1.94. The van der Waals surface area contributed by atoms with Crippen molar-refractivity contribution in [3.05, 3.63) is 23.8 Å². The molecule has 17 heavy (non-hydrogen) atoms. The Balaban J connectivity index is 1.96. The van der Waals surface area contributed by atoms with Crippen LogP contribution in [0.15, 0.2) is 23.1 Å². The Labute approximate surface area is 112 Å². The number of carbonyl (C=O) groups is 1. The Morgan fingerprint density at radius 1 is 1.53 bits per heavy atom. The molecule has 1 aromatic rings. The van der Waals surface area contributed by atoms with Gasteiger partial charge in [0.15, 0.2) is 0 Å². The van der Waals surface area contributed by atoms with Crippen LogP contribution in [0.25, 0.3) is 0 Å². The molecule has 1 atom stereocenters. The highest BCUT2D eigenvalue weighted by atomic mass is 79.9. The van der Waals surface area contributed by atoms with Crippen LogP contribution >= 0.6 is 27.7 Å². The van der Waals surface area contributed by atoms with E-state index in [0.717, 1.165) is 16.1 Å². The molecule has 0 aliphatic carbocycles. The number of nitrogens with one attached hydrogen (secondary N) is 1. The van der Waals surface area contributed by atoms with E-state index in [1.807, 2.05) is 13.0 Å². The first kappa shape index (κ1) is 11.6. The predicted octanol–water partition coefficient (Wildman–Crippen LogP) is 2.74. The molecule has 5 heteroatoms. The lowest BCUT2D eigenvalue weighted by Gasteiger charge is -2.37. The first-order valence-electron chi connectivity index (χ1n) is 5.47. The van der Waals surface area contributed by atoms with Crippen LogP contribution in [0, 0.1) is 0 Å². The van der Waals surface area contributed by atoms with Crippen molar-refractivity contribution in [2.24, 2.45) is 0 Å². The van der Waals surface area contributed by atoms with Gasteiger partial charge in [-0.3, -0.25) is 4.79 Å². The third-order valence-corrected chi connectivity index (χ3v) is 5.18. The number of amides is 1. The molecule has 90 valence electrons. The number of anilines is 1. The Kier molecular flexibility index (Phi) is 2.72. The molecule has 2 aliphatic heterocycles. The van der Waals surface area contributed by atoms with Crippen molar-refractivity contribution in [1.29, 1.82) is 0 Å². The summed E-state index contributed by atoms with van der Waals surface area (Å²) in [6.45, 7) is 3.29. The second kappa shape index (κ2) is 4.00. The lowest BCUT2D eigenvalue weighted by molar-refractivity contribution is -0.115. The molecule has 3 nitrogen and oxygen atoms in total. The highest BCUT2D eigenvalue weighted by Gasteiger charge is 2.38. The second-order valence-corrected chi connectivity index (χ2v) is 7.32. The van der Waals surface area contributed by atoms with Crippen LogP contribution in [0.1, 0.15) is 12.5 Å². The second-order valence-electron chi connectivity index (χ2n) is 4.42. The molecule has 3 rings (SSSR count). The summed E-state index contributed by atoms with van der Waals surface area (Å²) in [5.41, 5.74) is 2.08. The van der Waals surface area contributed by atoms with Crippen LogP contribution in [-0.2, 0) is 13.9 Å². The minimum atomic E-state index is -0.0690. The van der Waals surface area contributed by atoms with Gasteiger partial charge in [0.2, 0.25) is 5.91 Å². The maximum absolute atomic E-state index is 11.6. The highest BCUT2D eigenvalue weighted by Crippen LogP contribution is 2.43. The van der Waals surface area contributed by atoms with Gasteiger partial charge in [-0.15, -0.1) is 11.8 Å². The van der Waals surface area contributed by atoms with Gasteiger partial charge in [-0.25, -0.2) is 0 Å². The summed E-state index contributed by atoms with van der Waals surface area (Å²) >= 11 is 5.29. The van der Waals surface area contributed by atoms with Gasteiger partial charge in [0.1, 0.15) is 0 Å². The van der Waals surface area contributed by atoms with E-state index in [0.29, 0.717) is 13.2 Å². The summed E-state index contributed by atoms with van der Waals surface area (Å²) in [7, 11) is 0. The van der Waals surface area contributed by atoms with Crippen molar-refractivity contribution in [2.75, 3.05) is 18.5 Å². The van der Waals surface area contributed by atoms with Gasteiger partial charge >= 0.3 is 0 Å². The molecule has 2 aliphatic rings. The van der Waals surface area contributed by atoms with Crippen LogP contribution in [0.2, 0.25) is 0 Å². The average Bonchev–Trinajstić information content (AvgIpc) is 2.27. The van der Waals surface area contributed by atoms with E-state index in [-0.39, 0.29) is 15.5 Å². The molecule has 1 unspecified atom stereocenters. The van der Waals surface area contributed by atoms with E-state index in [1.54, 1.807) is 11.8 Å². The van der Waals surface area contributed by atoms with Gasteiger partial charge in [0.25, 0.3) is 0 Å². The van der Waals surface area contributed by atoms with Gasteiger partial charge in [-0.05, 0) is 24.6 Å². The zero-order valence-electron chi connectivity index (χ0n) is 9.33. The number of carbonyl (C=O) groups excluding carboxylic acids is 1. The largest absolute Gasteiger partial charge is 0.378 e. The first-order chi connectivity index (χ1) is 8.08. The maximum atomic E-state index is 11.6. The summed E-state index contributed by atoms with van der Waals surface area (Å²) in [6.07, 6.45) is 0. The number of halogens is 1. The van der Waals surface area contributed by atoms with Gasteiger partial charge < -0.3 is 10.1 Å². The van der Waals surface area contributed by atoms with E-state index in [4.69, 9.17) is 4.74 Å². The van der Waals surface area contributed by atoms with Crippen molar-refractivity contribution in [2.45, 2.75) is 21.4 Å². The molecular weight excluding hydrogens is 302 g/mol. The summed E-state index contributed by atoms with van der Waals surface area (Å²) < 4.78 is 5.17. The Bertz CT molecular complexity index is 487. The topological polar surface area (TPSA) is 38.3 Å². The molecule has 1 amide bonds. The molecule has 1 N–H and O–H groups in total. The van der Waals surface area contributed by atoms with Crippen molar-refractivity contribution < 1.29 is 9.53 Å². The molecular formula is C12H12BrNO2S. The van der Waals surface area contributed by atoms with E-state index in [9.17, 15) is 4.79 Å². The van der Waals surface area contributed by atoms with Crippen molar-refractivity contribution >= 4 is 39.3 Å². The molecule has 0 spiro atoms. The molecule has 2 heterocycles. The average molecular weight is 314 g/mol. The lowest BCUT2D eigenvalue weighted by Crippen LogP contribution is -2.41. The summed E-state index contributed by atoms with van der Waals surface area (Å²) in [5.74, 6) is 0.0770. The molecule has 0 aromatic heterocycles. The van der Waals surface area contributed by atoms with Crippen LogP contribution in [0.5, 0.6) is 0 Å². The summed E-state index contributed by atoms with van der Waals surface area (Å²) in [5, 5.41) is 2.93. The summed E-state index contributed by atoms with van der Waals surface area (Å²) in [6, 6.07) is 6.23. The number of rotatable bonds is 1. The number of hydrogen-bond acceptors (Lipinski definition) is 3. The van der Waals surface area contributed by atoms with Crippen molar-refractivity contribution in [1.82, 2.24) is 0 Å². The normalized spacial score (nSPS) is 25.8. The number of alkyl halides is 1. The van der Waals surface area contributed by atoms with E-state index < -0.39 is 0 Å². The Morgan fingerprint density at radius 2 is 2.29 bits per heavy atom. The van der Waals surface area contributed by atoms with Gasteiger partial charge in [-0.1, -0.05) is 22.0 Å². The van der Waals surface area contributed by atoms with E-state index in [2.05, 4.69) is 33.4 Å². The molecule has 0 radical (unpaired) electrons. The van der Waals surface area contributed by atoms with Crippen molar-refractivity contribution in [3.63, 3.8) is 0 Å². The fourth-order valence-corrected chi connectivity index (χ4v) is 3.44. The smallest absolute Gasteiger partial charge is 0.237 e. The number of thioether (sulfide) groups is 1. The third kappa shape index (κ3) is 1.90. The number of hydrogen-bond donors (Lipinski definition) is 1. The van der Waals surface area contributed by atoms with Gasteiger partial charge in [0, 0.05) is 4.90 Å². The minimum Gasteiger partial charge on any atom is -0.378 e. The standard InChI is InChI=1S/C12H12BrNO2S/c1-7-11(15)14-9-4-8(2-3-10(9)17-7)12(13)5-16-6-12/h2-4,7H,5-6H2,1H3,(H,14,15). The third-order valence-electron chi connectivity index (χ3n) is 3.09. The molecule has 1 saturated heterocycles. The Morgan fingerprint density at radius 3 is 2.94 bits per heavy atom. The summed E-state index contributed by atoms with van der Waals surface area (Å²) in [4.78, 5) is 12.8. The van der Waals surface area contributed by atoms with Gasteiger partial charge in [-0.2, -0.15) is 0 Å². The monoisotopic (exact) mass is 313 g/mol. The Hall–Kier alpha value is -0.520. The predicted molar refractivity (Wildman–Crippen MR) is 71.8 cm³/mol. The molecule has 1 aromatic carbocycles. The van der Waals surface area contributed by atoms with Gasteiger partial charge in [0.05, 0.1) is 28.5 Å². The number of fused-ring (bicyclic) bond motifs is 1. The fraction of sp³-hybridized carbons (Fsp3) is 0.417. The quantitative estimate of drug-likeness (QED) is 0.810. The van der Waals surface area contributed by atoms with Crippen LogP contribution in [0.3, 0.4) is 0 Å². The number of benzene rings is 1.